The molecule has 0 aliphatic carbocycles. The summed E-state index contributed by atoms with van der Waals surface area (Å²) in [6.45, 7) is 1.25. The van der Waals surface area contributed by atoms with Gasteiger partial charge >= 0.3 is 6.03 Å². The Bertz CT molecular complexity index is 490. The Hall–Kier alpha value is -2.28. The number of carbonyl (C=O) groups excluding carboxylic acids is 2. The van der Waals surface area contributed by atoms with Crippen LogP contribution >= 0.6 is 0 Å². The third-order valence-corrected chi connectivity index (χ3v) is 2.57. The van der Waals surface area contributed by atoms with E-state index in [0.717, 1.165) is 0 Å². The van der Waals surface area contributed by atoms with Crippen molar-refractivity contribution in [1.29, 1.82) is 0 Å². The maximum absolute atomic E-state index is 11.7. The van der Waals surface area contributed by atoms with Gasteiger partial charge < -0.3 is 19.9 Å². The first kappa shape index (κ1) is 15.8. The lowest BCUT2D eigenvalue weighted by Gasteiger charge is -2.16. The molecule has 0 saturated carbocycles. The standard InChI is InChI=1S/C13H18N2O5/c1-8(12(17)15-13(18)14-2)20-11-5-4-10(19-3)6-9(11)7-16/h4-6,8,16H,7H2,1-3H3,(H2,14,15,17,18). The van der Waals surface area contributed by atoms with Gasteiger partial charge in [0.15, 0.2) is 6.10 Å². The number of benzene rings is 1. The Balaban J connectivity index is 2.77. The van der Waals surface area contributed by atoms with E-state index >= 15 is 0 Å². The Kier molecular flexibility index (Phi) is 5.79. The molecule has 7 heteroatoms. The average Bonchev–Trinajstić information content (AvgIpc) is 2.47. The van der Waals surface area contributed by atoms with Crippen molar-refractivity contribution >= 4 is 11.9 Å². The van der Waals surface area contributed by atoms with Gasteiger partial charge in [-0.05, 0) is 25.1 Å². The first-order valence-corrected chi connectivity index (χ1v) is 5.98. The summed E-state index contributed by atoms with van der Waals surface area (Å²) in [5.74, 6) is 0.348. The van der Waals surface area contributed by atoms with E-state index in [1.807, 2.05) is 0 Å². The van der Waals surface area contributed by atoms with Gasteiger partial charge in [0, 0.05) is 12.6 Å². The quantitative estimate of drug-likeness (QED) is 0.727. The van der Waals surface area contributed by atoms with Crippen LogP contribution in [0.15, 0.2) is 18.2 Å². The molecule has 0 spiro atoms. The number of hydrogen-bond donors (Lipinski definition) is 3. The molecule has 0 aromatic heterocycles. The number of methoxy groups -OCH3 is 1. The van der Waals surface area contributed by atoms with Gasteiger partial charge in [0.25, 0.3) is 5.91 Å². The van der Waals surface area contributed by atoms with Crippen LogP contribution in [0.4, 0.5) is 4.79 Å². The van der Waals surface area contributed by atoms with E-state index in [1.54, 1.807) is 18.2 Å². The molecule has 1 atom stereocenters. The van der Waals surface area contributed by atoms with Crippen LogP contribution in [0.25, 0.3) is 0 Å². The number of rotatable bonds is 5. The molecule has 0 aliphatic heterocycles. The van der Waals surface area contributed by atoms with Gasteiger partial charge in [-0.2, -0.15) is 0 Å². The van der Waals surface area contributed by atoms with Crippen molar-refractivity contribution < 1.29 is 24.2 Å². The van der Waals surface area contributed by atoms with Crippen molar-refractivity contribution in [3.05, 3.63) is 23.8 Å². The Morgan fingerprint density at radius 1 is 1.40 bits per heavy atom. The number of aliphatic hydroxyl groups excluding tert-OH is 1. The molecular formula is C13H18N2O5. The second-order valence-electron chi connectivity index (χ2n) is 3.96. The van der Waals surface area contributed by atoms with Crippen LogP contribution in [-0.2, 0) is 11.4 Å². The Morgan fingerprint density at radius 2 is 2.10 bits per heavy atom. The topological polar surface area (TPSA) is 96.9 Å². The monoisotopic (exact) mass is 282 g/mol. The lowest BCUT2D eigenvalue weighted by Crippen LogP contribution is -2.44. The first-order valence-electron chi connectivity index (χ1n) is 5.98. The van der Waals surface area contributed by atoms with Crippen LogP contribution in [0.2, 0.25) is 0 Å². The lowest BCUT2D eigenvalue weighted by molar-refractivity contribution is -0.126. The molecule has 0 aliphatic rings. The van der Waals surface area contributed by atoms with E-state index in [9.17, 15) is 14.7 Å². The smallest absolute Gasteiger partial charge is 0.321 e. The number of imide groups is 1. The SMILES string of the molecule is CNC(=O)NC(=O)C(C)Oc1ccc(OC)cc1CO. The summed E-state index contributed by atoms with van der Waals surface area (Å²) in [4.78, 5) is 22.7. The molecule has 1 aromatic rings. The lowest BCUT2D eigenvalue weighted by atomic mass is 10.2. The molecule has 3 N–H and O–H groups in total. The number of carbonyl (C=O) groups is 2. The van der Waals surface area contributed by atoms with E-state index in [1.165, 1.54) is 21.1 Å². The maximum Gasteiger partial charge on any atom is 0.321 e. The van der Waals surface area contributed by atoms with Gasteiger partial charge in [0.2, 0.25) is 0 Å². The molecular weight excluding hydrogens is 264 g/mol. The second kappa shape index (κ2) is 7.34. The van der Waals surface area contributed by atoms with Crippen molar-refractivity contribution in [1.82, 2.24) is 10.6 Å². The number of ether oxygens (including phenoxy) is 2. The Labute approximate surface area is 116 Å². The molecule has 1 rings (SSSR count). The van der Waals surface area contributed by atoms with Gasteiger partial charge in [0.1, 0.15) is 11.5 Å². The molecule has 0 fully saturated rings. The summed E-state index contributed by atoms with van der Waals surface area (Å²) < 4.78 is 10.5. The highest BCUT2D eigenvalue weighted by Crippen LogP contribution is 2.25. The molecule has 20 heavy (non-hydrogen) atoms. The largest absolute Gasteiger partial charge is 0.497 e. The van der Waals surface area contributed by atoms with Crippen molar-refractivity contribution in [2.45, 2.75) is 19.6 Å². The molecule has 0 heterocycles. The molecule has 0 bridgehead atoms. The van der Waals surface area contributed by atoms with Gasteiger partial charge in [-0.25, -0.2) is 4.79 Å². The second-order valence-corrected chi connectivity index (χ2v) is 3.96. The van der Waals surface area contributed by atoms with Crippen LogP contribution in [0.1, 0.15) is 12.5 Å². The summed E-state index contributed by atoms with van der Waals surface area (Å²) in [7, 11) is 2.91. The highest BCUT2D eigenvalue weighted by Gasteiger charge is 2.18. The number of urea groups is 1. The fraction of sp³-hybridized carbons (Fsp3) is 0.385. The molecule has 3 amide bonds. The summed E-state index contributed by atoms with van der Waals surface area (Å²) in [5, 5.41) is 13.7. The fourth-order valence-electron chi connectivity index (χ4n) is 1.44. The van der Waals surface area contributed by atoms with Gasteiger partial charge in [-0.1, -0.05) is 0 Å². The number of nitrogens with one attached hydrogen (secondary N) is 2. The third-order valence-electron chi connectivity index (χ3n) is 2.57. The van der Waals surface area contributed by atoms with Gasteiger partial charge in [0.05, 0.1) is 13.7 Å². The number of aliphatic hydroxyl groups is 1. The van der Waals surface area contributed by atoms with Crippen LogP contribution in [-0.4, -0.2) is 37.3 Å². The van der Waals surface area contributed by atoms with E-state index in [4.69, 9.17) is 9.47 Å². The summed E-state index contributed by atoms with van der Waals surface area (Å²) in [5.41, 5.74) is 0.490. The first-order chi connectivity index (χ1) is 9.51. The van der Waals surface area contributed by atoms with Gasteiger partial charge in [-0.15, -0.1) is 0 Å². The zero-order valence-electron chi connectivity index (χ0n) is 11.6. The Morgan fingerprint density at radius 3 is 2.65 bits per heavy atom. The molecule has 1 aromatic carbocycles. The van der Waals surface area contributed by atoms with Crippen molar-refractivity contribution in [2.75, 3.05) is 14.2 Å². The van der Waals surface area contributed by atoms with Crippen molar-refractivity contribution in [3.63, 3.8) is 0 Å². The fourth-order valence-corrected chi connectivity index (χ4v) is 1.44. The van der Waals surface area contributed by atoms with Crippen molar-refractivity contribution in [2.24, 2.45) is 0 Å². The molecule has 0 saturated heterocycles. The van der Waals surface area contributed by atoms with E-state index < -0.39 is 18.0 Å². The van der Waals surface area contributed by atoms with E-state index in [-0.39, 0.29) is 6.61 Å². The third kappa shape index (κ3) is 4.13. The minimum atomic E-state index is -0.883. The van der Waals surface area contributed by atoms with Crippen LogP contribution < -0.4 is 20.1 Å². The van der Waals surface area contributed by atoms with Crippen LogP contribution in [0.3, 0.4) is 0 Å². The van der Waals surface area contributed by atoms with Crippen molar-refractivity contribution in [3.8, 4) is 11.5 Å². The molecule has 7 nitrogen and oxygen atoms in total. The summed E-state index contributed by atoms with van der Waals surface area (Å²) in [6.07, 6.45) is -0.883. The highest BCUT2D eigenvalue weighted by atomic mass is 16.5. The number of hydrogen-bond acceptors (Lipinski definition) is 5. The molecule has 110 valence electrons. The minimum Gasteiger partial charge on any atom is -0.497 e. The van der Waals surface area contributed by atoms with E-state index in [2.05, 4.69) is 10.6 Å². The predicted octanol–water partition coefficient (Wildman–Crippen LogP) is 0.410. The van der Waals surface area contributed by atoms with Gasteiger partial charge in [-0.3, -0.25) is 10.1 Å². The summed E-state index contributed by atoms with van der Waals surface area (Å²) >= 11 is 0. The highest BCUT2D eigenvalue weighted by molar-refractivity contribution is 5.96. The molecule has 1 unspecified atom stereocenters. The van der Waals surface area contributed by atoms with E-state index in [0.29, 0.717) is 17.1 Å². The maximum atomic E-state index is 11.7. The summed E-state index contributed by atoms with van der Waals surface area (Å²) in [6, 6.07) is 4.24. The normalized spacial score (nSPS) is 11.4. The average molecular weight is 282 g/mol. The van der Waals surface area contributed by atoms with Crippen LogP contribution in [0, 0.1) is 0 Å². The zero-order chi connectivity index (χ0) is 15.1. The number of amides is 3. The van der Waals surface area contributed by atoms with Crippen LogP contribution in [0.5, 0.6) is 11.5 Å². The minimum absolute atomic E-state index is 0.254. The zero-order valence-corrected chi connectivity index (χ0v) is 11.6. The molecule has 0 radical (unpaired) electrons. The predicted molar refractivity (Wildman–Crippen MR) is 71.6 cm³/mol.